The number of benzene rings is 1. The Balaban J connectivity index is 1.49. The van der Waals surface area contributed by atoms with E-state index in [0.717, 1.165) is 36.1 Å². The van der Waals surface area contributed by atoms with Gasteiger partial charge < -0.3 is 9.88 Å². The van der Waals surface area contributed by atoms with Gasteiger partial charge in [-0.05, 0) is 44.5 Å². The minimum absolute atomic E-state index is 0.146. The molecule has 1 atom stereocenters. The number of fused-ring (bicyclic) bond motifs is 1. The molecule has 1 N–H and O–H groups in total. The third kappa shape index (κ3) is 2.33. The number of carbonyl (C=O) groups is 1. The van der Waals surface area contributed by atoms with Crippen molar-refractivity contribution in [1.29, 1.82) is 0 Å². The third-order valence-electron chi connectivity index (χ3n) is 4.87. The molecule has 110 valence electrons. The Labute approximate surface area is 124 Å². The summed E-state index contributed by atoms with van der Waals surface area (Å²) in [4.78, 5) is 20.5. The van der Waals surface area contributed by atoms with Crippen LogP contribution in [-0.4, -0.2) is 52.9 Å². The third-order valence-corrected chi connectivity index (χ3v) is 4.87. The molecule has 2 saturated heterocycles. The molecule has 0 bridgehead atoms. The molecule has 4 nitrogen and oxygen atoms in total. The van der Waals surface area contributed by atoms with Gasteiger partial charge in [-0.1, -0.05) is 18.2 Å². The number of nitrogens with one attached hydrogen (secondary N) is 1. The molecule has 0 radical (unpaired) electrons. The van der Waals surface area contributed by atoms with Gasteiger partial charge in [-0.2, -0.15) is 0 Å². The first kappa shape index (κ1) is 12.9. The van der Waals surface area contributed by atoms with Gasteiger partial charge in [0, 0.05) is 30.0 Å². The normalized spacial score (nSPS) is 23.2. The van der Waals surface area contributed by atoms with Crippen molar-refractivity contribution in [3.05, 3.63) is 36.0 Å². The molecule has 3 heterocycles. The van der Waals surface area contributed by atoms with Crippen LogP contribution >= 0.6 is 0 Å². The molecule has 1 aromatic heterocycles. The largest absolute Gasteiger partial charge is 0.351 e. The van der Waals surface area contributed by atoms with Gasteiger partial charge in [0.2, 0.25) is 0 Å². The number of amides is 1. The molecule has 4 rings (SSSR count). The van der Waals surface area contributed by atoms with Crippen molar-refractivity contribution in [1.82, 2.24) is 14.8 Å². The van der Waals surface area contributed by atoms with E-state index in [0.29, 0.717) is 6.04 Å². The van der Waals surface area contributed by atoms with Crippen LogP contribution in [0.2, 0.25) is 0 Å². The number of likely N-dealkylation sites (tertiary alicyclic amines) is 2. The van der Waals surface area contributed by atoms with Crippen LogP contribution in [0.5, 0.6) is 0 Å². The average molecular weight is 283 g/mol. The monoisotopic (exact) mass is 283 g/mol. The highest BCUT2D eigenvalue weighted by Crippen LogP contribution is 2.23. The van der Waals surface area contributed by atoms with Crippen LogP contribution in [0.3, 0.4) is 0 Å². The number of aromatic amines is 1. The topological polar surface area (TPSA) is 39.3 Å². The summed E-state index contributed by atoms with van der Waals surface area (Å²) in [7, 11) is 0. The molecule has 0 saturated carbocycles. The predicted molar refractivity (Wildman–Crippen MR) is 83.4 cm³/mol. The molecule has 2 fully saturated rings. The average Bonchev–Trinajstić information content (AvgIpc) is 3.24. The van der Waals surface area contributed by atoms with E-state index in [-0.39, 0.29) is 5.91 Å². The van der Waals surface area contributed by atoms with Crippen molar-refractivity contribution < 1.29 is 4.79 Å². The molecule has 0 aliphatic carbocycles. The molecule has 2 aliphatic rings. The van der Waals surface area contributed by atoms with Crippen LogP contribution in [0, 0.1) is 0 Å². The molecular weight excluding hydrogens is 262 g/mol. The van der Waals surface area contributed by atoms with Crippen molar-refractivity contribution in [2.75, 3.05) is 26.2 Å². The van der Waals surface area contributed by atoms with Gasteiger partial charge in [0.15, 0.2) is 0 Å². The lowest BCUT2D eigenvalue weighted by molar-refractivity contribution is 0.0775. The zero-order valence-electron chi connectivity index (χ0n) is 12.2. The molecule has 0 spiro atoms. The van der Waals surface area contributed by atoms with E-state index in [4.69, 9.17) is 0 Å². The molecule has 2 aromatic rings. The molecule has 1 aromatic carbocycles. The molecule has 21 heavy (non-hydrogen) atoms. The van der Waals surface area contributed by atoms with Gasteiger partial charge in [-0.15, -0.1) is 0 Å². The van der Waals surface area contributed by atoms with Crippen LogP contribution in [0.15, 0.2) is 30.3 Å². The first-order valence-electron chi connectivity index (χ1n) is 7.92. The van der Waals surface area contributed by atoms with Crippen LogP contribution in [-0.2, 0) is 0 Å². The Morgan fingerprint density at radius 3 is 2.76 bits per heavy atom. The summed E-state index contributed by atoms with van der Waals surface area (Å²) in [5.41, 5.74) is 1.76. The minimum atomic E-state index is 0.146. The Hall–Kier alpha value is -1.81. The van der Waals surface area contributed by atoms with E-state index in [1.54, 1.807) is 0 Å². The quantitative estimate of drug-likeness (QED) is 0.919. The summed E-state index contributed by atoms with van der Waals surface area (Å²) in [6, 6.07) is 10.6. The summed E-state index contributed by atoms with van der Waals surface area (Å²) in [5.74, 6) is 0.146. The minimum Gasteiger partial charge on any atom is -0.351 e. The maximum Gasteiger partial charge on any atom is 0.270 e. The fourth-order valence-corrected chi connectivity index (χ4v) is 3.69. The fraction of sp³-hybridized carbons (Fsp3) is 0.471. The molecular formula is C17H21N3O. The lowest BCUT2D eigenvalue weighted by Gasteiger charge is -2.23. The highest BCUT2D eigenvalue weighted by molar-refractivity contribution is 5.98. The number of nitrogens with zero attached hydrogens (tertiary/aromatic N) is 2. The number of aromatic nitrogens is 1. The van der Waals surface area contributed by atoms with E-state index in [2.05, 4.69) is 9.88 Å². The number of hydrogen-bond donors (Lipinski definition) is 1. The smallest absolute Gasteiger partial charge is 0.270 e. The second-order valence-corrected chi connectivity index (χ2v) is 6.21. The number of rotatable bonds is 2. The van der Waals surface area contributed by atoms with Gasteiger partial charge in [0.05, 0.1) is 0 Å². The van der Waals surface area contributed by atoms with E-state index < -0.39 is 0 Å². The Morgan fingerprint density at radius 2 is 1.95 bits per heavy atom. The van der Waals surface area contributed by atoms with Gasteiger partial charge in [-0.25, -0.2) is 0 Å². The Bertz CT molecular complexity index is 624. The summed E-state index contributed by atoms with van der Waals surface area (Å²) >= 11 is 0. The number of H-pyrrole nitrogens is 1. The first-order valence-corrected chi connectivity index (χ1v) is 7.92. The predicted octanol–water partition coefficient (Wildman–Crippen LogP) is 2.48. The lowest BCUT2D eigenvalue weighted by atomic mass is 10.2. The van der Waals surface area contributed by atoms with Crippen molar-refractivity contribution in [3.8, 4) is 0 Å². The van der Waals surface area contributed by atoms with Crippen molar-refractivity contribution in [2.24, 2.45) is 0 Å². The second-order valence-electron chi connectivity index (χ2n) is 6.21. The van der Waals surface area contributed by atoms with Crippen LogP contribution in [0.1, 0.15) is 29.8 Å². The second kappa shape index (κ2) is 5.19. The Morgan fingerprint density at radius 1 is 1.14 bits per heavy atom. The van der Waals surface area contributed by atoms with E-state index >= 15 is 0 Å². The SMILES string of the molecule is O=C(c1cc2ccccc2[nH]1)N1CCC(N2CCCC2)C1. The van der Waals surface area contributed by atoms with E-state index in [9.17, 15) is 4.79 Å². The Kier molecular flexibility index (Phi) is 3.19. The number of hydrogen-bond acceptors (Lipinski definition) is 2. The molecule has 1 unspecified atom stereocenters. The molecule has 1 amide bonds. The van der Waals surface area contributed by atoms with Crippen LogP contribution in [0.4, 0.5) is 0 Å². The highest BCUT2D eigenvalue weighted by atomic mass is 16.2. The van der Waals surface area contributed by atoms with Gasteiger partial charge >= 0.3 is 0 Å². The zero-order chi connectivity index (χ0) is 14.2. The lowest BCUT2D eigenvalue weighted by Crippen LogP contribution is -2.37. The van der Waals surface area contributed by atoms with Crippen molar-refractivity contribution in [2.45, 2.75) is 25.3 Å². The van der Waals surface area contributed by atoms with E-state index in [1.165, 1.54) is 25.9 Å². The summed E-state index contributed by atoms with van der Waals surface area (Å²) < 4.78 is 0. The maximum absolute atomic E-state index is 12.7. The number of carbonyl (C=O) groups excluding carboxylic acids is 1. The summed E-state index contributed by atoms with van der Waals surface area (Å²) in [5, 5.41) is 1.11. The maximum atomic E-state index is 12.7. The molecule has 2 aliphatic heterocycles. The summed E-state index contributed by atoms with van der Waals surface area (Å²) in [6.07, 6.45) is 3.74. The summed E-state index contributed by atoms with van der Waals surface area (Å²) in [6.45, 7) is 4.18. The van der Waals surface area contributed by atoms with Crippen molar-refractivity contribution >= 4 is 16.8 Å². The van der Waals surface area contributed by atoms with Crippen LogP contribution in [0.25, 0.3) is 10.9 Å². The van der Waals surface area contributed by atoms with Gasteiger partial charge in [-0.3, -0.25) is 9.69 Å². The highest BCUT2D eigenvalue weighted by Gasteiger charge is 2.32. The first-order chi connectivity index (χ1) is 10.3. The molecule has 4 heteroatoms. The number of para-hydroxylation sites is 1. The standard InChI is InChI=1S/C17H21N3O/c21-17(16-11-13-5-1-2-6-15(13)18-16)20-10-7-14(12-20)19-8-3-4-9-19/h1-2,5-6,11,14,18H,3-4,7-10,12H2. The van der Waals surface area contributed by atoms with Gasteiger partial charge in [0.25, 0.3) is 5.91 Å². The van der Waals surface area contributed by atoms with Gasteiger partial charge in [0.1, 0.15) is 5.69 Å². The van der Waals surface area contributed by atoms with Crippen molar-refractivity contribution in [3.63, 3.8) is 0 Å². The van der Waals surface area contributed by atoms with E-state index in [1.807, 2.05) is 35.2 Å². The zero-order valence-corrected chi connectivity index (χ0v) is 12.2. The van der Waals surface area contributed by atoms with Crippen LogP contribution < -0.4 is 0 Å². The fourth-order valence-electron chi connectivity index (χ4n) is 3.69.